The third-order valence-corrected chi connectivity index (χ3v) is 5.26. The average Bonchev–Trinajstić information content (AvgIpc) is 3.46. The zero-order valence-electron chi connectivity index (χ0n) is 16.7. The van der Waals surface area contributed by atoms with Crippen LogP contribution in [-0.2, 0) is 18.3 Å². The van der Waals surface area contributed by atoms with Crippen molar-refractivity contribution in [2.75, 3.05) is 33.4 Å². The van der Waals surface area contributed by atoms with Crippen LogP contribution in [0.15, 0.2) is 41.7 Å². The summed E-state index contributed by atoms with van der Waals surface area (Å²) in [6.45, 7) is 3.74. The summed E-state index contributed by atoms with van der Waals surface area (Å²) >= 11 is 0. The number of aliphatic imine (C=N–C) groups is 1. The minimum absolute atomic E-state index is 0.00941. The second-order valence-corrected chi connectivity index (χ2v) is 7.52. The third kappa shape index (κ3) is 4.65. The van der Waals surface area contributed by atoms with Gasteiger partial charge in [0.05, 0.1) is 26.0 Å². The van der Waals surface area contributed by atoms with Crippen LogP contribution in [0.5, 0.6) is 5.75 Å². The molecule has 1 aromatic carbocycles. The Morgan fingerprint density at radius 1 is 1.36 bits per heavy atom. The maximum atomic E-state index is 6.03. The summed E-state index contributed by atoms with van der Waals surface area (Å²) in [7, 11) is 3.75. The van der Waals surface area contributed by atoms with Crippen LogP contribution in [0.1, 0.15) is 30.1 Å². The van der Waals surface area contributed by atoms with E-state index in [1.54, 1.807) is 0 Å². The van der Waals surface area contributed by atoms with E-state index in [0.717, 1.165) is 48.5 Å². The lowest BCUT2D eigenvalue weighted by molar-refractivity contribution is -0.00805. The Balaban J connectivity index is 1.37. The van der Waals surface area contributed by atoms with E-state index in [1.165, 1.54) is 12.8 Å². The summed E-state index contributed by atoms with van der Waals surface area (Å²) in [4.78, 5) is 6.73. The van der Waals surface area contributed by atoms with Crippen LogP contribution >= 0.6 is 0 Å². The van der Waals surface area contributed by atoms with Crippen LogP contribution in [0.4, 0.5) is 0 Å². The van der Waals surface area contributed by atoms with Crippen molar-refractivity contribution < 1.29 is 9.47 Å². The molecule has 2 fully saturated rings. The number of nitrogens with zero attached hydrogens (tertiary/aromatic N) is 4. The number of rotatable bonds is 6. The number of ether oxygens (including phenoxy) is 2. The number of guanidine groups is 1. The Labute approximate surface area is 166 Å². The first-order chi connectivity index (χ1) is 13.7. The minimum atomic E-state index is 0.00941. The molecule has 0 bridgehead atoms. The van der Waals surface area contributed by atoms with E-state index >= 15 is 0 Å². The standard InChI is InChI=1S/C21H29N5O2/c1-22-21(26-9-10-27-20(14-26)18-12-24-25(2)13-18)23-11-17-5-3-4-6-19(17)28-15-16-7-8-16/h3-6,12-13,16,20H,7-11,14-15H2,1-2H3,(H,22,23). The van der Waals surface area contributed by atoms with E-state index in [1.807, 2.05) is 37.2 Å². The van der Waals surface area contributed by atoms with Gasteiger partial charge in [0.2, 0.25) is 0 Å². The Bertz CT molecular complexity index is 815. The number of nitrogens with one attached hydrogen (secondary N) is 1. The van der Waals surface area contributed by atoms with Crippen LogP contribution in [0.3, 0.4) is 0 Å². The van der Waals surface area contributed by atoms with Gasteiger partial charge in [-0.1, -0.05) is 18.2 Å². The first kappa shape index (κ1) is 18.8. The van der Waals surface area contributed by atoms with Gasteiger partial charge in [0.1, 0.15) is 11.9 Å². The molecule has 1 unspecified atom stereocenters. The van der Waals surface area contributed by atoms with E-state index in [9.17, 15) is 0 Å². The highest BCUT2D eigenvalue weighted by Crippen LogP contribution is 2.30. The Kier molecular flexibility index (Phi) is 5.81. The second-order valence-electron chi connectivity index (χ2n) is 7.52. The van der Waals surface area contributed by atoms with Crippen LogP contribution in [0.2, 0.25) is 0 Å². The predicted octanol–water partition coefficient (Wildman–Crippen LogP) is 2.36. The van der Waals surface area contributed by atoms with Crippen LogP contribution in [0.25, 0.3) is 0 Å². The van der Waals surface area contributed by atoms with Crippen LogP contribution in [-0.4, -0.2) is 54.0 Å². The van der Waals surface area contributed by atoms with E-state index in [2.05, 4.69) is 38.5 Å². The van der Waals surface area contributed by atoms with Gasteiger partial charge in [-0.3, -0.25) is 9.67 Å². The van der Waals surface area contributed by atoms with Gasteiger partial charge in [-0.25, -0.2) is 0 Å². The molecule has 150 valence electrons. The lowest BCUT2D eigenvalue weighted by Crippen LogP contribution is -2.47. The summed E-state index contributed by atoms with van der Waals surface area (Å²) in [6, 6.07) is 8.24. The summed E-state index contributed by atoms with van der Waals surface area (Å²) < 4.78 is 13.8. The predicted molar refractivity (Wildman–Crippen MR) is 108 cm³/mol. The zero-order chi connectivity index (χ0) is 19.3. The van der Waals surface area contributed by atoms with E-state index < -0.39 is 0 Å². The van der Waals surface area contributed by atoms with Gasteiger partial charge in [0, 0.05) is 44.5 Å². The van der Waals surface area contributed by atoms with Gasteiger partial charge in [-0.05, 0) is 24.8 Å². The highest BCUT2D eigenvalue weighted by molar-refractivity contribution is 5.80. The maximum absolute atomic E-state index is 6.03. The monoisotopic (exact) mass is 383 g/mol. The van der Waals surface area contributed by atoms with Gasteiger partial charge in [-0.15, -0.1) is 0 Å². The number of benzene rings is 1. The normalized spacial score (nSPS) is 20.3. The molecular weight excluding hydrogens is 354 g/mol. The van der Waals surface area contributed by atoms with Crippen molar-refractivity contribution >= 4 is 5.96 Å². The fourth-order valence-corrected chi connectivity index (χ4v) is 3.44. The van der Waals surface area contributed by atoms with Gasteiger partial charge < -0.3 is 19.7 Å². The number of aromatic nitrogens is 2. The van der Waals surface area contributed by atoms with E-state index in [4.69, 9.17) is 9.47 Å². The smallest absolute Gasteiger partial charge is 0.194 e. The van der Waals surface area contributed by atoms with Crippen molar-refractivity contribution in [1.29, 1.82) is 0 Å². The summed E-state index contributed by atoms with van der Waals surface area (Å²) in [6.07, 6.45) is 6.48. The molecular formula is C21H29N5O2. The van der Waals surface area contributed by atoms with Crippen molar-refractivity contribution in [3.05, 3.63) is 47.8 Å². The number of para-hydroxylation sites is 1. The Hall–Kier alpha value is -2.54. The van der Waals surface area contributed by atoms with E-state index in [0.29, 0.717) is 13.2 Å². The highest BCUT2D eigenvalue weighted by Gasteiger charge is 2.25. The SMILES string of the molecule is CN=C(NCc1ccccc1OCC1CC1)N1CCOC(c2cnn(C)c2)C1. The third-order valence-electron chi connectivity index (χ3n) is 5.26. The lowest BCUT2D eigenvalue weighted by atomic mass is 10.1. The topological polar surface area (TPSA) is 63.9 Å². The summed E-state index contributed by atoms with van der Waals surface area (Å²) in [5, 5.41) is 7.76. The number of aryl methyl sites for hydroxylation is 1. The summed E-state index contributed by atoms with van der Waals surface area (Å²) in [5.74, 6) is 2.59. The number of morpholine rings is 1. The molecule has 1 aliphatic carbocycles. The molecule has 1 aromatic heterocycles. The molecule has 4 rings (SSSR count). The molecule has 7 heteroatoms. The van der Waals surface area contributed by atoms with Crippen LogP contribution in [0, 0.1) is 5.92 Å². The van der Waals surface area contributed by atoms with Crippen molar-refractivity contribution in [2.24, 2.45) is 18.0 Å². The molecule has 7 nitrogen and oxygen atoms in total. The van der Waals surface area contributed by atoms with Crippen LogP contribution < -0.4 is 10.1 Å². The summed E-state index contributed by atoms with van der Waals surface area (Å²) in [5.41, 5.74) is 2.25. The minimum Gasteiger partial charge on any atom is -0.493 e. The molecule has 2 aliphatic rings. The van der Waals surface area contributed by atoms with Gasteiger partial charge in [0.25, 0.3) is 0 Å². The van der Waals surface area contributed by atoms with Gasteiger partial charge in [0.15, 0.2) is 5.96 Å². The Morgan fingerprint density at radius 2 is 2.21 bits per heavy atom. The first-order valence-electron chi connectivity index (χ1n) is 9.99. The van der Waals surface area contributed by atoms with Gasteiger partial charge in [-0.2, -0.15) is 5.10 Å². The van der Waals surface area contributed by atoms with Crippen molar-refractivity contribution in [3.63, 3.8) is 0 Å². The first-order valence-corrected chi connectivity index (χ1v) is 9.99. The average molecular weight is 383 g/mol. The molecule has 1 saturated heterocycles. The number of hydrogen-bond acceptors (Lipinski definition) is 4. The second kappa shape index (κ2) is 8.65. The molecule has 0 radical (unpaired) electrons. The molecule has 28 heavy (non-hydrogen) atoms. The van der Waals surface area contributed by atoms with Crippen molar-refractivity contribution in [1.82, 2.24) is 20.0 Å². The Morgan fingerprint density at radius 3 is 2.96 bits per heavy atom. The molecule has 1 saturated carbocycles. The van der Waals surface area contributed by atoms with Crippen molar-refractivity contribution in [3.8, 4) is 5.75 Å². The molecule has 2 heterocycles. The fraction of sp³-hybridized carbons (Fsp3) is 0.524. The molecule has 2 aromatic rings. The quantitative estimate of drug-likeness (QED) is 0.613. The van der Waals surface area contributed by atoms with Crippen molar-refractivity contribution in [2.45, 2.75) is 25.5 Å². The maximum Gasteiger partial charge on any atom is 0.194 e. The molecule has 0 spiro atoms. The van der Waals surface area contributed by atoms with Gasteiger partial charge >= 0.3 is 0 Å². The molecule has 0 amide bonds. The van der Waals surface area contributed by atoms with E-state index in [-0.39, 0.29) is 6.10 Å². The molecule has 1 aliphatic heterocycles. The fourth-order valence-electron chi connectivity index (χ4n) is 3.44. The largest absolute Gasteiger partial charge is 0.493 e. The highest BCUT2D eigenvalue weighted by atomic mass is 16.5. The lowest BCUT2D eigenvalue weighted by Gasteiger charge is -2.34. The molecule has 1 N–H and O–H groups in total. The zero-order valence-corrected chi connectivity index (χ0v) is 16.7. The molecule has 1 atom stereocenters. The number of hydrogen-bond donors (Lipinski definition) is 1.